The van der Waals surface area contributed by atoms with Gasteiger partial charge in [0.25, 0.3) is 0 Å². The fourth-order valence-corrected chi connectivity index (χ4v) is 2.23. The largest absolute Gasteiger partial charge is 0.416 e. The highest BCUT2D eigenvalue weighted by atomic mass is 19.4. The molecule has 1 aromatic carbocycles. The van der Waals surface area contributed by atoms with E-state index >= 15 is 0 Å². The maximum atomic E-state index is 12.7. The molecular formula is C13H19F3N2. The minimum Gasteiger partial charge on any atom is -0.324 e. The van der Waals surface area contributed by atoms with Crippen molar-refractivity contribution in [1.82, 2.24) is 0 Å². The molecule has 0 aliphatic carbocycles. The second-order valence-electron chi connectivity index (χ2n) is 4.70. The van der Waals surface area contributed by atoms with Crippen molar-refractivity contribution in [1.29, 1.82) is 0 Å². The van der Waals surface area contributed by atoms with Gasteiger partial charge in [-0.25, -0.2) is 0 Å². The van der Waals surface area contributed by atoms with E-state index in [1.165, 1.54) is 12.1 Å². The molecule has 1 atom stereocenters. The van der Waals surface area contributed by atoms with Crippen molar-refractivity contribution in [2.45, 2.75) is 39.3 Å². The third-order valence-corrected chi connectivity index (χ3v) is 3.18. The maximum Gasteiger partial charge on any atom is 0.416 e. The Bertz CT molecular complexity index is 400. The number of nitrogen functional groups attached to an aromatic ring is 1. The van der Waals surface area contributed by atoms with Crippen molar-refractivity contribution in [2.24, 2.45) is 11.8 Å². The van der Waals surface area contributed by atoms with Gasteiger partial charge in [-0.15, -0.1) is 0 Å². The molecule has 1 unspecified atom stereocenters. The van der Waals surface area contributed by atoms with Crippen LogP contribution in [0.5, 0.6) is 0 Å². The molecule has 0 heterocycles. The minimum absolute atomic E-state index is 0.0540. The summed E-state index contributed by atoms with van der Waals surface area (Å²) in [5.41, 5.74) is 3.04. The number of hydrogen-bond donors (Lipinski definition) is 2. The lowest BCUT2D eigenvalue weighted by Gasteiger charge is -2.23. The van der Waals surface area contributed by atoms with Crippen LogP contribution in [-0.4, -0.2) is 0 Å². The summed E-state index contributed by atoms with van der Waals surface area (Å²) in [5.74, 6) is 5.68. The van der Waals surface area contributed by atoms with Crippen molar-refractivity contribution in [3.63, 3.8) is 0 Å². The highest BCUT2D eigenvalue weighted by Crippen LogP contribution is 2.37. The lowest BCUT2D eigenvalue weighted by molar-refractivity contribution is -0.137. The van der Waals surface area contributed by atoms with Crippen LogP contribution >= 0.6 is 0 Å². The van der Waals surface area contributed by atoms with Crippen LogP contribution in [0.25, 0.3) is 0 Å². The fraction of sp³-hybridized carbons (Fsp3) is 0.538. The van der Waals surface area contributed by atoms with Crippen molar-refractivity contribution in [2.75, 3.05) is 5.43 Å². The smallest absolute Gasteiger partial charge is 0.324 e. The monoisotopic (exact) mass is 260 g/mol. The van der Waals surface area contributed by atoms with Gasteiger partial charge in [0.05, 0.1) is 11.3 Å². The number of anilines is 1. The predicted molar refractivity (Wildman–Crippen MR) is 67.1 cm³/mol. The molecule has 0 aliphatic rings. The second-order valence-corrected chi connectivity index (χ2v) is 4.70. The molecule has 0 amide bonds. The van der Waals surface area contributed by atoms with E-state index in [1.807, 2.05) is 20.8 Å². The Hall–Kier alpha value is -1.23. The molecule has 18 heavy (non-hydrogen) atoms. The van der Waals surface area contributed by atoms with Crippen molar-refractivity contribution in [3.8, 4) is 0 Å². The molecule has 1 rings (SSSR count). The van der Waals surface area contributed by atoms with Crippen LogP contribution < -0.4 is 11.3 Å². The number of alkyl halides is 3. The van der Waals surface area contributed by atoms with Crippen molar-refractivity contribution in [3.05, 3.63) is 29.3 Å². The van der Waals surface area contributed by atoms with E-state index < -0.39 is 11.7 Å². The molecule has 1 aromatic rings. The summed E-state index contributed by atoms with van der Waals surface area (Å²) in [7, 11) is 0. The van der Waals surface area contributed by atoms with E-state index in [0.29, 0.717) is 11.3 Å². The van der Waals surface area contributed by atoms with Crippen LogP contribution in [-0.2, 0) is 6.18 Å². The first-order chi connectivity index (χ1) is 8.31. The van der Waals surface area contributed by atoms with Gasteiger partial charge in [-0.05, 0) is 42.0 Å². The molecule has 0 fully saturated rings. The Labute approximate surface area is 105 Å². The SMILES string of the molecule is CCC(c1cc(C(F)(F)F)ccc1NN)C(C)C. The molecule has 3 N–H and O–H groups in total. The van der Waals surface area contributed by atoms with E-state index in [9.17, 15) is 13.2 Å². The maximum absolute atomic E-state index is 12.7. The zero-order valence-electron chi connectivity index (χ0n) is 10.8. The lowest BCUT2D eigenvalue weighted by atomic mass is 9.84. The zero-order chi connectivity index (χ0) is 13.9. The van der Waals surface area contributed by atoms with Crippen LogP contribution in [0, 0.1) is 5.92 Å². The average Bonchev–Trinajstić information content (AvgIpc) is 2.28. The van der Waals surface area contributed by atoms with E-state index in [2.05, 4.69) is 5.43 Å². The number of nitrogens with two attached hydrogens (primary N) is 1. The Morgan fingerprint density at radius 2 is 1.89 bits per heavy atom. The number of nitrogens with one attached hydrogen (secondary N) is 1. The summed E-state index contributed by atoms with van der Waals surface area (Å²) in [5, 5.41) is 0. The molecule has 0 aliphatic heterocycles. The van der Waals surface area contributed by atoms with E-state index in [-0.39, 0.29) is 11.8 Å². The molecule has 5 heteroatoms. The molecule has 0 bridgehead atoms. The van der Waals surface area contributed by atoms with Crippen LogP contribution in [0.2, 0.25) is 0 Å². The molecule has 0 saturated heterocycles. The first kappa shape index (κ1) is 14.8. The number of hydrazine groups is 1. The summed E-state index contributed by atoms with van der Waals surface area (Å²) < 4.78 is 38.2. The lowest BCUT2D eigenvalue weighted by Crippen LogP contribution is -2.15. The van der Waals surface area contributed by atoms with Gasteiger partial charge in [-0.2, -0.15) is 13.2 Å². The van der Waals surface area contributed by atoms with Crippen LogP contribution in [0.3, 0.4) is 0 Å². The minimum atomic E-state index is -4.32. The number of halogens is 3. The molecule has 0 saturated carbocycles. The highest BCUT2D eigenvalue weighted by molar-refractivity contribution is 5.54. The Balaban J connectivity index is 3.29. The third kappa shape index (κ3) is 3.16. The van der Waals surface area contributed by atoms with Crippen molar-refractivity contribution >= 4 is 5.69 Å². The molecule has 0 radical (unpaired) electrons. The van der Waals surface area contributed by atoms with E-state index in [0.717, 1.165) is 12.5 Å². The Morgan fingerprint density at radius 1 is 1.28 bits per heavy atom. The van der Waals surface area contributed by atoms with Gasteiger partial charge < -0.3 is 5.43 Å². The first-order valence-electron chi connectivity index (χ1n) is 5.99. The quantitative estimate of drug-likeness (QED) is 0.630. The predicted octanol–water partition coefficient (Wildman–Crippen LogP) is 4.14. The first-order valence-corrected chi connectivity index (χ1v) is 5.99. The summed E-state index contributed by atoms with van der Waals surface area (Å²) in [6, 6.07) is 3.64. The molecule has 2 nitrogen and oxygen atoms in total. The summed E-state index contributed by atoms with van der Waals surface area (Å²) in [6.45, 7) is 5.95. The summed E-state index contributed by atoms with van der Waals surface area (Å²) in [6.07, 6.45) is -3.55. The Morgan fingerprint density at radius 3 is 2.28 bits per heavy atom. The number of rotatable bonds is 4. The van der Waals surface area contributed by atoms with Gasteiger partial charge in [-0.3, -0.25) is 5.84 Å². The van der Waals surface area contributed by atoms with Gasteiger partial charge >= 0.3 is 6.18 Å². The fourth-order valence-electron chi connectivity index (χ4n) is 2.23. The molecule has 102 valence electrons. The summed E-state index contributed by atoms with van der Waals surface area (Å²) >= 11 is 0. The average molecular weight is 260 g/mol. The van der Waals surface area contributed by atoms with Gasteiger partial charge in [0.15, 0.2) is 0 Å². The third-order valence-electron chi connectivity index (χ3n) is 3.18. The van der Waals surface area contributed by atoms with Gasteiger partial charge in [-0.1, -0.05) is 20.8 Å². The van der Waals surface area contributed by atoms with Gasteiger partial charge in [0.1, 0.15) is 0 Å². The molecular weight excluding hydrogens is 241 g/mol. The zero-order valence-corrected chi connectivity index (χ0v) is 10.8. The second kappa shape index (κ2) is 5.61. The molecule has 0 spiro atoms. The molecule has 0 aromatic heterocycles. The topological polar surface area (TPSA) is 38.0 Å². The number of benzene rings is 1. The van der Waals surface area contributed by atoms with Crippen molar-refractivity contribution < 1.29 is 13.2 Å². The summed E-state index contributed by atoms with van der Waals surface area (Å²) in [4.78, 5) is 0. The number of hydrogen-bond acceptors (Lipinski definition) is 2. The highest BCUT2D eigenvalue weighted by Gasteiger charge is 2.32. The standard InChI is InChI=1S/C13H19F3N2/c1-4-10(8(2)3)11-7-9(13(14,15)16)5-6-12(11)18-17/h5-8,10,18H,4,17H2,1-3H3. The van der Waals surface area contributed by atoms with Gasteiger partial charge in [0, 0.05) is 0 Å². The van der Waals surface area contributed by atoms with Crippen LogP contribution in [0.4, 0.5) is 18.9 Å². The van der Waals surface area contributed by atoms with Crippen LogP contribution in [0.15, 0.2) is 18.2 Å². The normalized spacial score (nSPS) is 13.8. The van der Waals surface area contributed by atoms with Crippen LogP contribution in [0.1, 0.15) is 44.2 Å². The van der Waals surface area contributed by atoms with E-state index in [4.69, 9.17) is 5.84 Å². The Kier molecular flexibility index (Phi) is 4.62. The van der Waals surface area contributed by atoms with Gasteiger partial charge in [0.2, 0.25) is 0 Å². The van der Waals surface area contributed by atoms with E-state index in [1.54, 1.807) is 0 Å².